The van der Waals surface area contributed by atoms with Crippen LogP contribution in [0.15, 0.2) is 33.7 Å². The highest BCUT2D eigenvalue weighted by molar-refractivity contribution is 7.89. The van der Waals surface area contributed by atoms with Crippen LogP contribution in [0.1, 0.15) is 57.6 Å². The number of anilines is 1. The van der Waals surface area contributed by atoms with Gasteiger partial charge < -0.3 is 14.2 Å². The largest absolute Gasteiger partial charge is 0.473 e. The van der Waals surface area contributed by atoms with Crippen molar-refractivity contribution in [3.05, 3.63) is 35.9 Å². The van der Waals surface area contributed by atoms with Crippen LogP contribution in [0.3, 0.4) is 0 Å². The smallest absolute Gasteiger partial charge is 0.324 e. The topological polar surface area (TPSA) is 160 Å². The molecule has 13 nitrogen and oxygen atoms in total. The van der Waals surface area contributed by atoms with E-state index in [1.807, 2.05) is 18.7 Å². The highest BCUT2D eigenvalue weighted by Gasteiger charge is 2.29. The molecule has 4 heterocycles. The number of benzene rings is 1. The van der Waals surface area contributed by atoms with E-state index in [0.717, 1.165) is 0 Å². The second-order valence-corrected chi connectivity index (χ2v) is 11.5. The van der Waals surface area contributed by atoms with Gasteiger partial charge in [-0.2, -0.15) is 23.5 Å². The zero-order valence-corrected chi connectivity index (χ0v) is 23.3. The van der Waals surface area contributed by atoms with Gasteiger partial charge in [0.05, 0.1) is 4.90 Å². The first-order valence-electron chi connectivity index (χ1n) is 12.9. The number of carbonyl (C=O) groups excluding carboxylic acids is 1. The summed E-state index contributed by atoms with van der Waals surface area (Å²) in [5.41, 5.74) is 1.98. The molecule has 40 heavy (non-hydrogen) atoms. The number of carbonyl (C=O) groups is 1. The van der Waals surface area contributed by atoms with Gasteiger partial charge in [0.2, 0.25) is 5.88 Å². The Kier molecular flexibility index (Phi) is 7.40. The molecule has 0 atom stereocenters. The van der Waals surface area contributed by atoms with Crippen molar-refractivity contribution in [1.29, 1.82) is 0 Å². The van der Waals surface area contributed by atoms with Gasteiger partial charge in [-0.3, -0.25) is 9.89 Å². The molecule has 15 heteroatoms. The first kappa shape index (κ1) is 27.4. The molecule has 4 aromatic rings. The third-order valence-corrected chi connectivity index (χ3v) is 8.06. The van der Waals surface area contributed by atoms with E-state index in [-0.39, 0.29) is 23.3 Å². The van der Waals surface area contributed by atoms with E-state index in [0.29, 0.717) is 71.8 Å². The number of fused-ring (bicyclic) bond motifs is 1. The van der Waals surface area contributed by atoms with Crippen LogP contribution in [0, 0.1) is 6.92 Å². The van der Waals surface area contributed by atoms with E-state index < -0.39 is 20.5 Å². The maximum Gasteiger partial charge on any atom is 0.324 e. The van der Waals surface area contributed by atoms with Crippen molar-refractivity contribution >= 4 is 33.0 Å². The minimum Gasteiger partial charge on any atom is -0.473 e. The number of nitrogens with one attached hydrogen (secondary N) is 1. The zero-order valence-electron chi connectivity index (χ0n) is 22.5. The van der Waals surface area contributed by atoms with E-state index in [2.05, 4.69) is 30.3 Å². The van der Waals surface area contributed by atoms with Gasteiger partial charge in [-0.25, -0.2) is 4.98 Å². The van der Waals surface area contributed by atoms with Crippen molar-refractivity contribution in [2.45, 2.75) is 63.9 Å². The number of amides is 1. The molecule has 1 amide bonds. The maximum atomic E-state index is 14.1. The lowest BCUT2D eigenvalue weighted by Crippen LogP contribution is -2.38. The fourth-order valence-corrected chi connectivity index (χ4v) is 5.38. The minimum atomic E-state index is -4.61. The van der Waals surface area contributed by atoms with Crippen LogP contribution in [-0.2, 0) is 14.8 Å². The summed E-state index contributed by atoms with van der Waals surface area (Å²) in [7, 11) is -4.61. The van der Waals surface area contributed by atoms with Gasteiger partial charge in [-0.1, -0.05) is 47.1 Å². The Hall–Kier alpha value is -4.14. The number of rotatable bonds is 8. The molecule has 0 spiro atoms. The average molecular weight is 573 g/mol. The molecule has 212 valence electrons. The minimum absolute atomic E-state index is 0.105. The monoisotopic (exact) mass is 572 g/mol. The molecule has 3 aromatic heterocycles. The standard InChI is InChI=1S/C25H29FN8O5S/c1-5-19(35)34(26)40(36,37)18-8-6-16(7-9-18)20-21-22(31-30-20)24(28-15(4)27-21)38-17-10-12-33(13-11-17)25-29-23(14(2)3)32-39-25/h6-9,14,17H,5,10-13H2,1-4H3,(H,30,31). The van der Waals surface area contributed by atoms with Crippen LogP contribution in [0.2, 0.25) is 0 Å². The van der Waals surface area contributed by atoms with E-state index in [4.69, 9.17) is 9.26 Å². The summed E-state index contributed by atoms with van der Waals surface area (Å²) in [4.78, 5) is 26.7. The third-order valence-electron chi connectivity index (χ3n) is 6.56. The lowest BCUT2D eigenvalue weighted by molar-refractivity contribution is -0.135. The van der Waals surface area contributed by atoms with E-state index >= 15 is 0 Å². The van der Waals surface area contributed by atoms with Gasteiger partial charge in [0.25, 0.3) is 15.9 Å². The van der Waals surface area contributed by atoms with Gasteiger partial charge in [-0.15, -0.1) is 0 Å². The van der Waals surface area contributed by atoms with E-state index in [1.54, 1.807) is 6.92 Å². The van der Waals surface area contributed by atoms with Crippen LogP contribution in [0.25, 0.3) is 22.3 Å². The van der Waals surface area contributed by atoms with Crippen molar-refractivity contribution in [1.82, 2.24) is 34.8 Å². The Labute approximate surface area is 229 Å². The SMILES string of the molecule is CCC(=O)N(F)S(=O)(=O)c1ccc(-c2n[nH]c3c(OC4CCN(c5nc(C(C)C)no5)CC4)nc(C)nc23)cc1. The van der Waals surface area contributed by atoms with Gasteiger partial charge in [0.15, 0.2) is 5.82 Å². The van der Waals surface area contributed by atoms with E-state index in [9.17, 15) is 17.7 Å². The van der Waals surface area contributed by atoms with E-state index in [1.165, 1.54) is 31.2 Å². The highest BCUT2D eigenvalue weighted by Crippen LogP contribution is 2.32. The number of sulfonamides is 1. The van der Waals surface area contributed by atoms with Gasteiger partial charge in [-0.05, 0) is 19.1 Å². The molecule has 0 saturated carbocycles. The Morgan fingerprint density at radius 2 is 1.90 bits per heavy atom. The molecule has 1 aliphatic heterocycles. The molecule has 5 rings (SSSR count). The normalized spacial score (nSPS) is 14.7. The first-order chi connectivity index (χ1) is 19.1. The Bertz CT molecular complexity index is 1630. The van der Waals surface area contributed by atoms with Crippen molar-refractivity contribution < 1.29 is 27.0 Å². The van der Waals surface area contributed by atoms with Crippen LogP contribution in [-0.4, -0.2) is 68.4 Å². The maximum absolute atomic E-state index is 14.1. The van der Waals surface area contributed by atoms with Crippen molar-refractivity contribution in [2.75, 3.05) is 18.0 Å². The lowest BCUT2D eigenvalue weighted by atomic mass is 10.1. The Morgan fingerprint density at radius 1 is 1.20 bits per heavy atom. The number of nitrogens with zero attached hydrogens (tertiary/aromatic N) is 7. The number of aromatic amines is 1. The van der Waals surface area contributed by atoms with Crippen LogP contribution in [0.4, 0.5) is 10.5 Å². The second-order valence-electron chi connectivity index (χ2n) is 9.76. The average Bonchev–Trinajstić information content (AvgIpc) is 3.61. The van der Waals surface area contributed by atoms with Crippen LogP contribution in [0.5, 0.6) is 5.88 Å². The summed E-state index contributed by atoms with van der Waals surface area (Å²) in [5.74, 6) is 0.547. The van der Waals surface area contributed by atoms with Crippen LogP contribution < -0.4 is 9.64 Å². The number of aryl methyl sites for hydroxylation is 1. The number of halogens is 1. The molecule has 1 saturated heterocycles. The predicted molar refractivity (Wildman–Crippen MR) is 142 cm³/mol. The highest BCUT2D eigenvalue weighted by atomic mass is 32.2. The summed E-state index contributed by atoms with van der Waals surface area (Å²) in [5, 5.41) is 11.3. The number of piperidine rings is 1. The molecule has 1 N–H and O–H groups in total. The van der Waals surface area contributed by atoms with Crippen LogP contribution >= 0.6 is 0 Å². The number of hydrogen-bond donors (Lipinski definition) is 1. The summed E-state index contributed by atoms with van der Waals surface area (Å²) in [6, 6.07) is 5.89. The number of hydrogen-bond acceptors (Lipinski definition) is 11. The summed E-state index contributed by atoms with van der Waals surface area (Å²) in [6.45, 7) is 8.50. The molecule has 0 unspecified atom stereocenters. The van der Waals surface area contributed by atoms with Gasteiger partial charge in [0, 0.05) is 43.8 Å². The van der Waals surface area contributed by atoms with Crippen molar-refractivity contribution in [2.24, 2.45) is 0 Å². The zero-order chi connectivity index (χ0) is 28.6. The predicted octanol–water partition coefficient (Wildman–Crippen LogP) is 3.69. The fraction of sp³-hybridized carbons (Fsp3) is 0.440. The molecule has 1 fully saturated rings. The van der Waals surface area contributed by atoms with Gasteiger partial charge in [0.1, 0.15) is 28.7 Å². The number of H-pyrrole nitrogens is 1. The van der Waals surface area contributed by atoms with Gasteiger partial charge >= 0.3 is 6.01 Å². The Morgan fingerprint density at radius 3 is 2.52 bits per heavy atom. The lowest BCUT2D eigenvalue weighted by Gasteiger charge is -2.30. The second kappa shape index (κ2) is 10.8. The summed E-state index contributed by atoms with van der Waals surface area (Å²) >= 11 is 0. The molecule has 0 radical (unpaired) electrons. The third kappa shape index (κ3) is 5.20. The number of aromatic nitrogens is 6. The quantitative estimate of drug-likeness (QED) is 0.307. The fourth-order valence-electron chi connectivity index (χ4n) is 4.32. The molecular weight excluding hydrogens is 543 g/mol. The molecule has 1 aliphatic rings. The van der Waals surface area contributed by atoms with Crippen molar-refractivity contribution in [3.63, 3.8) is 0 Å². The summed E-state index contributed by atoms with van der Waals surface area (Å²) in [6.07, 6.45) is 1.04. The first-order valence-corrected chi connectivity index (χ1v) is 14.3. The summed E-state index contributed by atoms with van der Waals surface area (Å²) < 4.78 is 49.9. The molecule has 0 bridgehead atoms. The molecule has 1 aromatic carbocycles. The number of ether oxygens (including phenoxy) is 1. The molecule has 0 aliphatic carbocycles. The molecular formula is C25H29FN8O5S. The Balaban J connectivity index is 1.33. The van der Waals surface area contributed by atoms with Crippen molar-refractivity contribution in [3.8, 4) is 17.1 Å².